The molecule has 3 atom stereocenters. The van der Waals surface area contributed by atoms with Crippen molar-refractivity contribution in [3.63, 3.8) is 0 Å². The molecule has 3 saturated carbocycles. The lowest BCUT2D eigenvalue weighted by Crippen LogP contribution is -2.18. The van der Waals surface area contributed by atoms with Crippen LogP contribution in [0, 0.1) is 11.8 Å². The van der Waals surface area contributed by atoms with E-state index in [1.165, 1.54) is 136 Å². The number of benzene rings is 7. The van der Waals surface area contributed by atoms with Crippen molar-refractivity contribution in [1.29, 1.82) is 0 Å². The lowest BCUT2D eigenvalue weighted by atomic mass is 9.78. The van der Waals surface area contributed by atoms with Crippen LogP contribution in [-0.2, 0) is 5.41 Å². The summed E-state index contributed by atoms with van der Waals surface area (Å²) in [5.41, 5.74) is 17.2. The Morgan fingerprint density at radius 2 is 1.19 bits per heavy atom. The van der Waals surface area contributed by atoms with Gasteiger partial charge in [-0.15, -0.1) is 0 Å². The summed E-state index contributed by atoms with van der Waals surface area (Å²) < 4.78 is 0. The first kappa shape index (κ1) is 34.8. The minimum absolute atomic E-state index is 0.203. The normalized spacial score (nSPS) is 20.8. The van der Waals surface area contributed by atoms with Gasteiger partial charge in [-0.2, -0.15) is 0 Å². The molecular weight excluding hydrogens is 687 g/mol. The fourth-order valence-corrected chi connectivity index (χ4v) is 12.0. The van der Waals surface area contributed by atoms with Gasteiger partial charge in [-0.25, -0.2) is 0 Å². The van der Waals surface area contributed by atoms with E-state index in [0.717, 1.165) is 11.8 Å². The van der Waals surface area contributed by atoms with Crippen molar-refractivity contribution < 1.29 is 0 Å². The lowest BCUT2D eigenvalue weighted by molar-refractivity contribution is 0.422. The van der Waals surface area contributed by atoms with Crippen LogP contribution in [-0.4, -0.2) is 0 Å². The Morgan fingerprint density at radius 1 is 0.509 bits per heavy atom. The molecule has 7 aromatic carbocycles. The van der Waals surface area contributed by atoms with Gasteiger partial charge in [0.1, 0.15) is 0 Å². The molecule has 0 saturated heterocycles. The second-order valence-corrected chi connectivity index (χ2v) is 18.3. The molecule has 57 heavy (non-hydrogen) atoms. The first-order valence-electron chi connectivity index (χ1n) is 21.9. The summed E-state index contributed by atoms with van der Waals surface area (Å²) in [5, 5.41) is 2.78. The Morgan fingerprint density at radius 3 is 1.89 bits per heavy atom. The smallest absolute Gasteiger partial charge is 0.0543 e. The van der Waals surface area contributed by atoms with Gasteiger partial charge in [-0.3, -0.25) is 0 Å². The highest BCUT2D eigenvalue weighted by atomic mass is 15.1. The van der Waals surface area contributed by atoms with Crippen molar-refractivity contribution in [1.82, 2.24) is 0 Å². The van der Waals surface area contributed by atoms with Crippen LogP contribution in [0.1, 0.15) is 106 Å². The maximum atomic E-state index is 2.62. The summed E-state index contributed by atoms with van der Waals surface area (Å²) in [4.78, 5) is 2.62. The maximum Gasteiger partial charge on any atom is 0.0543 e. The van der Waals surface area contributed by atoms with E-state index in [0.29, 0.717) is 11.8 Å². The highest BCUT2D eigenvalue weighted by molar-refractivity contribution is 6.04. The zero-order valence-corrected chi connectivity index (χ0v) is 33.6. The van der Waals surface area contributed by atoms with Crippen LogP contribution in [0.5, 0.6) is 0 Å². The molecule has 0 amide bonds. The molecule has 0 aromatic heterocycles. The number of hydrogen-bond donors (Lipinski definition) is 0. The van der Waals surface area contributed by atoms with Crippen molar-refractivity contribution >= 4 is 27.8 Å². The Bertz CT molecular complexity index is 2590. The van der Waals surface area contributed by atoms with E-state index in [9.17, 15) is 0 Å². The molecular formula is C56H53N. The molecule has 2 bridgehead atoms. The van der Waals surface area contributed by atoms with Crippen LogP contribution in [0.15, 0.2) is 152 Å². The fourth-order valence-electron chi connectivity index (χ4n) is 12.0. The fraction of sp³-hybridized carbons (Fsp3) is 0.286. The predicted octanol–water partition coefficient (Wildman–Crippen LogP) is 15.9. The van der Waals surface area contributed by atoms with E-state index in [2.05, 4.69) is 170 Å². The van der Waals surface area contributed by atoms with Gasteiger partial charge in [0.25, 0.3) is 0 Å². The minimum Gasteiger partial charge on any atom is -0.309 e. The Labute approximate surface area is 339 Å². The van der Waals surface area contributed by atoms with Crippen LogP contribution >= 0.6 is 0 Å². The standard InChI is InChI=1S/C56H53N/c1-56(2)52-36-54(50(41-19-10-5-11-20-41)35-51(52)48-24-14-23-44(55(48)56)40-17-8-4-9-18-40)57(43-29-27-39(28-30-43)38-15-6-3-7-16-38)53-32-31-46(45-21-12-13-22-47(45)53)49-34-37-25-26-42(49)33-37/h4-5,8-14,17-24,27-32,35-38,42,49H,3,6-7,15-16,25-26,33-34H2,1-2H3. The van der Waals surface area contributed by atoms with Gasteiger partial charge in [-0.05, 0) is 142 Å². The second kappa shape index (κ2) is 13.9. The summed E-state index contributed by atoms with van der Waals surface area (Å²) in [6.45, 7) is 4.89. The molecule has 3 fully saturated rings. The zero-order valence-electron chi connectivity index (χ0n) is 33.6. The number of fused-ring (bicyclic) bond motifs is 6. The van der Waals surface area contributed by atoms with Gasteiger partial charge in [-0.1, -0.05) is 161 Å². The Kier molecular flexibility index (Phi) is 8.50. The van der Waals surface area contributed by atoms with E-state index in [1.54, 1.807) is 5.56 Å². The zero-order chi connectivity index (χ0) is 38.1. The van der Waals surface area contributed by atoms with Crippen LogP contribution in [0.25, 0.3) is 44.2 Å². The first-order chi connectivity index (χ1) is 28.0. The van der Waals surface area contributed by atoms with E-state index < -0.39 is 0 Å². The Hall–Kier alpha value is -5.40. The predicted molar refractivity (Wildman–Crippen MR) is 241 cm³/mol. The van der Waals surface area contributed by atoms with Gasteiger partial charge in [0.2, 0.25) is 0 Å². The van der Waals surface area contributed by atoms with E-state index >= 15 is 0 Å². The van der Waals surface area contributed by atoms with Gasteiger partial charge >= 0.3 is 0 Å². The second-order valence-electron chi connectivity index (χ2n) is 18.3. The van der Waals surface area contributed by atoms with Gasteiger partial charge < -0.3 is 4.90 Å². The molecule has 0 spiro atoms. The maximum absolute atomic E-state index is 2.62. The summed E-state index contributed by atoms with van der Waals surface area (Å²) in [7, 11) is 0. The highest BCUT2D eigenvalue weighted by Crippen LogP contribution is 2.58. The number of anilines is 3. The molecule has 0 radical (unpaired) electrons. The largest absolute Gasteiger partial charge is 0.309 e. The number of nitrogens with zero attached hydrogens (tertiary/aromatic N) is 1. The topological polar surface area (TPSA) is 3.24 Å². The summed E-state index contributed by atoms with van der Waals surface area (Å²) in [6, 6.07) is 58.2. The Balaban J connectivity index is 1.15. The van der Waals surface area contributed by atoms with Crippen molar-refractivity contribution in [2.45, 2.75) is 88.9 Å². The van der Waals surface area contributed by atoms with Crippen molar-refractivity contribution in [2.75, 3.05) is 4.90 Å². The molecule has 1 nitrogen and oxygen atoms in total. The SMILES string of the molecule is CC1(C)c2cc(N(c3ccc(C4CCCCC4)cc3)c3ccc(C4CC5CCC4C5)c4ccccc34)c(-c3ccccc3)cc2-c2cccc(-c3ccccc3)c21. The average molecular weight is 740 g/mol. The van der Waals surface area contributed by atoms with Crippen molar-refractivity contribution in [3.8, 4) is 33.4 Å². The monoisotopic (exact) mass is 739 g/mol. The van der Waals surface area contributed by atoms with Gasteiger partial charge in [0, 0.05) is 22.1 Å². The third-order valence-electron chi connectivity index (χ3n) is 14.7. The molecule has 7 aromatic rings. The van der Waals surface area contributed by atoms with Gasteiger partial charge in [0.05, 0.1) is 11.4 Å². The van der Waals surface area contributed by atoms with Crippen LogP contribution in [0.4, 0.5) is 17.1 Å². The summed E-state index contributed by atoms with van der Waals surface area (Å²) in [6.07, 6.45) is 12.3. The van der Waals surface area contributed by atoms with E-state index in [1.807, 2.05) is 0 Å². The highest BCUT2D eigenvalue weighted by Gasteiger charge is 2.42. The molecule has 3 unspecified atom stereocenters. The molecule has 0 heterocycles. The third-order valence-corrected chi connectivity index (χ3v) is 14.7. The van der Waals surface area contributed by atoms with Crippen molar-refractivity contribution in [3.05, 3.63) is 174 Å². The molecule has 11 rings (SSSR count). The van der Waals surface area contributed by atoms with E-state index in [4.69, 9.17) is 0 Å². The first-order valence-corrected chi connectivity index (χ1v) is 21.9. The van der Waals surface area contributed by atoms with Crippen LogP contribution in [0.3, 0.4) is 0 Å². The molecule has 0 aliphatic heterocycles. The molecule has 4 aliphatic carbocycles. The molecule has 0 N–H and O–H groups in total. The van der Waals surface area contributed by atoms with Gasteiger partial charge in [0.15, 0.2) is 0 Å². The minimum atomic E-state index is -0.203. The van der Waals surface area contributed by atoms with Crippen LogP contribution < -0.4 is 4.90 Å². The molecule has 4 aliphatic rings. The molecule has 282 valence electrons. The third kappa shape index (κ3) is 5.80. The summed E-state index contributed by atoms with van der Waals surface area (Å²) >= 11 is 0. The van der Waals surface area contributed by atoms with E-state index in [-0.39, 0.29) is 5.41 Å². The quantitative estimate of drug-likeness (QED) is 0.157. The van der Waals surface area contributed by atoms with Crippen molar-refractivity contribution in [2.24, 2.45) is 11.8 Å². The lowest BCUT2D eigenvalue weighted by Gasteiger charge is -2.33. The number of rotatable bonds is 7. The van der Waals surface area contributed by atoms with Crippen LogP contribution in [0.2, 0.25) is 0 Å². The average Bonchev–Trinajstić information content (AvgIpc) is 3.97. The number of hydrogen-bond acceptors (Lipinski definition) is 1. The summed E-state index contributed by atoms with van der Waals surface area (Å²) in [5.74, 6) is 3.08. The molecule has 1 heteroatoms.